The maximum atomic E-state index is 13.8. The normalized spacial score (nSPS) is 19.5. The summed E-state index contributed by atoms with van der Waals surface area (Å²) in [6.45, 7) is 2.43. The third kappa shape index (κ3) is 3.56. The number of urea groups is 1. The molecule has 0 radical (unpaired) electrons. The van der Waals surface area contributed by atoms with Gasteiger partial charge in [0, 0.05) is 0 Å². The lowest BCUT2D eigenvalue weighted by Crippen LogP contribution is -3.09. The number of benzene rings is 1. The fraction of sp³-hybridized carbons (Fsp3) is 0.467. The summed E-state index contributed by atoms with van der Waals surface area (Å²) in [7, 11) is 1.79. The smallest absolute Gasteiger partial charge is 0.326 e. The molecule has 2 rings (SSSR count). The number of hydrogen-bond donors (Lipinski definition) is 2. The zero-order valence-electron chi connectivity index (χ0n) is 12.7. The Morgan fingerprint density at radius 1 is 1.41 bits per heavy atom. The Bertz CT molecular complexity index is 562. The lowest BCUT2D eigenvalue weighted by molar-refractivity contribution is -0.901. The van der Waals surface area contributed by atoms with Gasteiger partial charge >= 0.3 is 6.03 Å². The number of rotatable bonds is 6. The van der Waals surface area contributed by atoms with Crippen LogP contribution in [-0.2, 0) is 11.3 Å². The van der Waals surface area contributed by atoms with E-state index in [9.17, 15) is 14.0 Å². The van der Waals surface area contributed by atoms with Crippen molar-refractivity contribution >= 4 is 23.5 Å². The van der Waals surface area contributed by atoms with E-state index in [-0.39, 0.29) is 24.4 Å². The number of imide groups is 1. The van der Waals surface area contributed by atoms with Crippen molar-refractivity contribution in [2.75, 3.05) is 13.7 Å². The zero-order valence-corrected chi connectivity index (χ0v) is 13.4. The van der Waals surface area contributed by atoms with E-state index in [1.807, 2.05) is 6.92 Å². The van der Waals surface area contributed by atoms with Crippen LogP contribution in [0.4, 0.5) is 9.18 Å². The predicted octanol–water partition coefficient (Wildman–Crippen LogP) is 1.17. The van der Waals surface area contributed by atoms with Crippen LogP contribution in [-0.4, -0.2) is 36.6 Å². The Kier molecular flexibility index (Phi) is 5.37. The first-order valence-corrected chi connectivity index (χ1v) is 7.68. The van der Waals surface area contributed by atoms with Crippen LogP contribution in [0.2, 0.25) is 5.02 Å². The van der Waals surface area contributed by atoms with Crippen molar-refractivity contribution in [1.29, 1.82) is 0 Å². The third-order valence-electron chi connectivity index (χ3n) is 3.65. The highest BCUT2D eigenvalue weighted by Crippen LogP contribution is 2.17. The molecule has 0 bridgehead atoms. The van der Waals surface area contributed by atoms with Crippen LogP contribution in [0.1, 0.15) is 25.3 Å². The van der Waals surface area contributed by atoms with Gasteiger partial charge in [-0.05, 0) is 18.6 Å². The van der Waals surface area contributed by atoms with E-state index < -0.39 is 6.04 Å². The molecular formula is C15H20ClFN3O2+. The van der Waals surface area contributed by atoms with Crippen molar-refractivity contribution in [2.24, 2.45) is 0 Å². The highest BCUT2D eigenvalue weighted by Gasteiger charge is 2.38. The van der Waals surface area contributed by atoms with E-state index >= 15 is 0 Å². The molecule has 1 unspecified atom stereocenters. The van der Waals surface area contributed by atoms with Crippen molar-refractivity contribution in [3.8, 4) is 0 Å². The van der Waals surface area contributed by atoms with Crippen LogP contribution < -0.4 is 10.2 Å². The van der Waals surface area contributed by atoms with Crippen LogP contribution >= 0.6 is 11.6 Å². The first-order chi connectivity index (χ1) is 10.4. The molecule has 1 aliphatic rings. The van der Waals surface area contributed by atoms with Gasteiger partial charge in [-0.25, -0.2) is 14.1 Å². The van der Waals surface area contributed by atoms with Gasteiger partial charge in [0.05, 0.1) is 17.6 Å². The number of amides is 3. The van der Waals surface area contributed by atoms with E-state index in [0.717, 1.165) is 11.3 Å². The maximum Gasteiger partial charge on any atom is 0.329 e. The molecule has 1 saturated heterocycles. The molecule has 5 nitrogen and oxygen atoms in total. The fourth-order valence-corrected chi connectivity index (χ4v) is 2.77. The Balaban J connectivity index is 2.02. The number of carbonyl (C=O) groups is 2. The van der Waals surface area contributed by atoms with Crippen LogP contribution in [0.3, 0.4) is 0 Å². The summed E-state index contributed by atoms with van der Waals surface area (Å²) in [5, 5.41) is 3.02. The van der Waals surface area contributed by atoms with Gasteiger partial charge in [0.1, 0.15) is 18.4 Å². The second kappa shape index (κ2) is 7.07. The molecule has 0 spiro atoms. The van der Waals surface area contributed by atoms with E-state index in [0.29, 0.717) is 23.6 Å². The fourth-order valence-electron chi connectivity index (χ4n) is 2.54. The molecule has 0 saturated carbocycles. The molecule has 1 fully saturated rings. The van der Waals surface area contributed by atoms with E-state index in [4.69, 9.17) is 11.6 Å². The van der Waals surface area contributed by atoms with Gasteiger partial charge < -0.3 is 10.2 Å². The second-order valence-electron chi connectivity index (χ2n) is 5.55. The molecule has 1 heterocycles. The molecule has 120 valence electrons. The minimum Gasteiger partial charge on any atom is -0.326 e. The van der Waals surface area contributed by atoms with Crippen molar-refractivity contribution in [2.45, 2.75) is 32.4 Å². The molecule has 3 amide bonds. The van der Waals surface area contributed by atoms with Crippen LogP contribution in [0.5, 0.6) is 0 Å². The van der Waals surface area contributed by atoms with E-state index in [2.05, 4.69) is 5.32 Å². The third-order valence-corrected chi connectivity index (χ3v) is 4.01. The minimum atomic E-state index is -0.442. The Hall–Kier alpha value is -1.66. The average molecular weight is 329 g/mol. The Morgan fingerprint density at radius 3 is 2.77 bits per heavy atom. The number of carbonyl (C=O) groups excluding carboxylic acids is 2. The largest absolute Gasteiger partial charge is 0.329 e. The van der Waals surface area contributed by atoms with Crippen LogP contribution in [0.25, 0.3) is 0 Å². The van der Waals surface area contributed by atoms with Gasteiger partial charge in [-0.15, -0.1) is 0 Å². The second-order valence-corrected chi connectivity index (χ2v) is 5.96. The summed E-state index contributed by atoms with van der Waals surface area (Å²) >= 11 is 6.00. The van der Waals surface area contributed by atoms with Gasteiger partial charge in [0.25, 0.3) is 5.91 Å². The monoisotopic (exact) mass is 328 g/mol. The molecule has 1 aromatic rings. The first kappa shape index (κ1) is 16.7. The number of nitrogens with zero attached hydrogens (tertiary/aromatic N) is 1. The molecule has 2 N–H and O–H groups in total. The highest BCUT2D eigenvalue weighted by atomic mass is 35.5. The van der Waals surface area contributed by atoms with Gasteiger partial charge in [-0.3, -0.25) is 4.79 Å². The van der Waals surface area contributed by atoms with E-state index in [1.165, 1.54) is 11.0 Å². The SMILES string of the molecule is CCC[C@@H]1NC(=O)N(C[NH+](C)Cc2c(F)cccc2Cl)C1=O. The van der Waals surface area contributed by atoms with Crippen LogP contribution in [0, 0.1) is 5.82 Å². The van der Waals surface area contributed by atoms with Gasteiger partial charge in [-0.2, -0.15) is 0 Å². The molecule has 2 atom stereocenters. The molecular weight excluding hydrogens is 309 g/mol. The van der Waals surface area contributed by atoms with Crippen molar-refractivity contribution in [3.63, 3.8) is 0 Å². The summed E-state index contributed by atoms with van der Waals surface area (Å²) in [5.41, 5.74) is 0.388. The molecule has 0 aliphatic carbocycles. The Labute approximate surface area is 134 Å². The average Bonchev–Trinajstić information content (AvgIpc) is 2.71. The first-order valence-electron chi connectivity index (χ1n) is 7.30. The molecule has 0 aromatic heterocycles. The number of quaternary nitrogens is 1. The summed E-state index contributed by atoms with van der Waals surface area (Å²) in [6.07, 6.45) is 1.44. The van der Waals surface area contributed by atoms with Crippen LogP contribution in [0.15, 0.2) is 18.2 Å². The molecule has 1 aliphatic heterocycles. The standard InChI is InChI=1S/C15H19ClFN3O2/c1-3-5-13-14(21)20(15(22)18-13)9-19(2)8-10-11(16)6-4-7-12(10)17/h4,6-7,13H,3,5,8-9H2,1-2H3,(H,18,22)/p+1/t13-/m0/s1. The number of nitrogens with one attached hydrogen (secondary N) is 2. The summed E-state index contributed by atoms with van der Waals surface area (Å²) in [6, 6.07) is 3.69. The lowest BCUT2D eigenvalue weighted by atomic mass is 10.2. The van der Waals surface area contributed by atoms with Gasteiger partial charge in [-0.1, -0.05) is 31.0 Å². The van der Waals surface area contributed by atoms with Crippen molar-refractivity contribution < 1.29 is 18.9 Å². The summed E-state index contributed by atoms with van der Waals surface area (Å²) in [5.74, 6) is -0.598. The maximum absolute atomic E-state index is 13.8. The van der Waals surface area contributed by atoms with E-state index in [1.54, 1.807) is 19.2 Å². The molecule has 22 heavy (non-hydrogen) atoms. The topological polar surface area (TPSA) is 53.9 Å². The summed E-state index contributed by atoms with van der Waals surface area (Å²) in [4.78, 5) is 26.0. The quantitative estimate of drug-likeness (QED) is 0.770. The van der Waals surface area contributed by atoms with Gasteiger partial charge in [0.15, 0.2) is 6.67 Å². The van der Waals surface area contributed by atoms with Gasteiger partial charge in [0.2, 0.25) is 0 Å². The lowest BCUT2D eigenvalue weighted by Gasteiger charge is -2.20. The minimum absolute atomic E-state index is 0.176. The molecule has 1 aromatic carbocycles. The van der Waals surface area contributed by atoms with Crippen molar-refractivity contribution in [3.05, 3.63) is 34.6 Å². The zero-order chi connectivity index (χ0) is 16.3. The summed E-state index contributed by atoms with van der Waals surface area (Å²) < 4.78 is 13.8. The number of halogens is 2. The highest BCUT2D eigenvalue weighted by molar-refractivity contribution is 6.31. The van der Waals surface area contributed by atoms with Crippen molar-refractivity contribution in [1.82, 2.24) is 10.2 Å². The molecule has 7 heteroatoms. The Morgan fingerprint density at radius 2 is 2.14 bits per heavy atom. The predicted molar refractivity (Wildman–Crippen MR) is 80.9 cm³/mol. The number of hydrogen-bond acceptors (Lipinski definition) is 2.